The summed E-state index contributed by atoms with van der Waals surface area (Å²) in [7, 11) is -3.57. The van der Waals surface area contributed by atoms with E-state index in [1.807, 2.05) is 6.07 Å². The fourth-order valence-electron chi connectivity index (χ4n) is 3.44. The molecule has 5 nitrogen and oxygen atoms in total. The Hall–Kier alpha value is -1.42. The average molecular weight is 305 g/mol. The molecule has 2 unspecified atom stereocenters. The number of sulfonamides is 1. The van der Waals surface area contributed by atoms with Crippen molar-refractivity contribution < 1.29 is 8.42 Å². The Bertz CT molecular complexity index is 693. The zero-order chi connectivity index (χ0) is 15.0. The van der Waals surface area contributed by atoms with Gasteiger partial charge in [-0.15, -0.1) is 0 Å². The lowest BCUT2D eigenvalue weighted by Gasteiger charge is -2.21. The van der Waals surface area contributed by atoms with E-state index in [4.69, 9.17) is 5.26 Å². The highest BCUT2D eigenvalue weighted by molar-refractivity contribution is 7.89. The van der Waals surface area contributed by atoms with Gasteiger partial charge in [0, 0.05) is 18.6 Å². The van der Waals surface area contributed by atoms with Gasteiger partial charge in [0.25, 0.3) is 0 Å². The smallest absolute Gasteiger partial charge is 0.241 e. The molecule has 21 heavy (non-hydrogen) atoms. The third-order valence-electron chi connectivity index (χ3n) is 4.52. The Morgan fingerprint density at radius 3 is 2.90 bits per heavy atom. The molecule has 2 aliphatic heterocycles. The molecular formula is C15H19N3O2S. The Balaban J connectivity index is 1.86. The zero-order valence-corrected chi connectivity index (χ0v) is 12.9. The Labute approximate surface area is 125 Å². The van der Waals surface area contributed by atoms with Crippen LogP contribution >= 0.6 is 0 Å². The van der Waals surface area contributed by atoms with Crippen LogP contribution in [0.25, 0.3) is 0 Å². The molecule has 0 aliphatic carbocycles. The second-order valence-corrected chi connectivity index (χ2v) is 7.54. The van der Waals surface area contributed by atoms with E-state index in [2.05, 4.69) is 9.62 Å². The highest BCUT2D eigenvalue weighted by Gasteiger charge is 2.39. The molecule has 0 spiro atoms. The lowest BCUT2D eigenvalue weighted by atomic mass is 10.1. The Morgan fingerprint density at radius 2 is 2.14 bits per heavy atom. The normalized spacial score (nSPS) is 25.7. The number of hydrogen-bond donors (Lipinski definition) is 1. The summed E-state index contributed by atoms with van der Waals surface area (Å²) in [4.78, 5) is 2.59. The van der Waals surface area contributed by atoms with Crippen molar-refractivity contribution in [1.29, 1.82) is 5.26 Å². The van der Waals surface area contributed by atoms with Gasteiger partial charge in [0.2, 0.25) is 10.0 Å². The number of benzene rings is 1. The lowest BCUT2D eigenvalue weighted by Crippen LogP contribution is -2.42. The van der Waals surface area contributed by atoms with Crippen molar-refractivity contribution in [2.45, 2.75) is 43.2 Å². The first-order chi connectivity index (χ1) is 10.0. The van der Waals surface area contributed by atoms with Crippen LogP contribution in [0.1, 0.15) is 30.4 Å². The summed E-state index contributed by atoms with van der Waals surface area (Å²) in [6.45, 7) is 3.80. The highest BCUT2D eigenvalue weighted by Crippen LogP contribution is 2.29. The third-order valence-corrected chi connectivity index (χ3v) is 6.15. The minimum Gasteiger partial charge on any atom is -0.299 e. The summed E-state index contributed by atoms with van der Waals surface area (Å²) < 4.78 is 28.1. The largest absolute Gasteiger partial charge is 0.299 e. The molecule has 1 N–H and O–H groups in total. The maximum absolute atomic E-state index is 12.6. The van der Waals surface area contributed by atoms with E-state index in [9.17, 15) is 8.42 Å². The molecule has 6 heteroatoms. The number of hydrogen-bond acceptors (Lipinski definition) is 4. The van der Waals surface area contributed by atoms with Gasteiger partial charge in [-0.2, -0.15) is 5.26 Å². The Kier molecular flexibility index (Phi) is 3.74. The van der Waals surface area contributed by atoms with Gasteiger partial charge in [-0.3, -0.25) is 4.90 Å². The molecule has 0 radical (unpaired) electrons. The van der Waals surface area contributed by atoms with E-state index >= 15 is 0 Å². The summed E-state index contributed by atoms with van der Waals surface area (Å²) in [6.07, 6.45) is 3.07. The third kappa shape index (κ3) is 2.69. The van der Waals surface area contributed by atoms with Crippen molar-refractivity contribution in [3.63, 3.8) is 0 Å². The maximum atomic E-state index is 12.6. The van der Waals surface area contributed by atoms with Crippen LogP contribution in [0.4, 0.5) is 0 Å². The molecule has 3 rings (SSSR count). The molecule has 112 valence electrons. The van der Waals surface area contributed by atoms with Crippen LogP contribution in [-0.2, 0) is 10.0 Å². The molecule has 2 aliphatic rings. The van der Waals surface area contributed by atoms with Crippen LogP contribution in [0.3, 0.4) is 0 Å². The van der Waals surface area contributed by atoms with E-state index in [1.165, 1.54) is 6.07 Å². The van der Waals surface area contributed by atoms with E-state index in [0.29, 0.717) is 17.2 Å². The van der Waals surface area contributed by atoms with Crippen molar-refractivity contribution in [3.8, 4) is 6.07 Å². The number of fused-ring (bicyclic) bond motifs is 1. The van der Waals surface area contributed by atoms with Crippen molar-refractivity contribution in [2.24, 2.45) is 0 Å². The molecule has 2 atom stereocenters. The van der Waals surface area contributed by atoms with Crippen LogP contribution in [0.5, 0.6) is 0 Å². The topological polar surface area (TPSA) is 73.2 Å². The molecule has 0 bridgehead atoms. The van der Waals surface area contributed by atoms with Gasteiger partial charge in [0.05, 0.1) is 16.5 Å². The summed E-state index contributed by atoms with van der Waals surface area (Å²) in [5.41, 5.74) is 1.04. The highest BCUT2D eigenvalue weighted by atomic mass is 32.2. The predicted octanol–water partition coefficient (Wildman–Crippen LogP) is 1.38. The number of nitrogens with one attached hydrogen (secondary N) is 1. The second-order valence-electron chi connectivity index (χ2n) is 5.85. The van der Waals surface area contributed by atoms with Crippen molar-refractivity contribution in [3.05, 3.63) is 29.3 Å². The zero-order valence-electron chi connectivity index (χ0n) is 12.0. The van der Waals surface area contributed by atoms with Gasteiger partial charge in [0.15, 0.2) is 0 Å². The number of nitriles is 1. The van der Waals surface area contributed by atoms with Crippen molar-refractivity contribution >= 4 is 10.0 Å². The van der Waals surface area contributed by atoms with Gasteiger partial charge in [0.1, 0.15) is 0 Å². The van der Waals surface area contributed by atoms with Gasteiger partial charge in [-0.25, -0.2) is 13.1 Å². The lowest BCUT2D eigenvalue weighted by molar-refractivity contribution is 0.309. The monoisotopic (exact) mass is 305 g/mol. The molecule has 0 saturated carbocycles. The van der Waals surface area contributed by atoms with Gasteiger partial charge < -0.3 is 0 Å². The van der Waals surface area contributed by atoms with Crippen LogP contribution in [0.2, 0.25) is 0 Å². The summed E-state index contributed by atoms with van der Waals surface area (Å²) in [5.74, 6) is 0. The first-order valence-corrected chi connectivity index (χ1v) is 8.77. The van der Waals surface area contributed by atoms with Crippen LogP contribution in [0, 0.1) is 18.3 Å². The van der Waals surface area contributed by atoms with Gasteiger partial charge in [-0.05, 0) is 50.4 Å². The predicted molar refractivity (Wildman–Crippen MR) is 79.2 cm³/mol. The minimum absolute atomic E-state index is 0.0114. The first-order valence-electron chi connectivity index (χ1n) is 7.28. The SMILES string of the molecule is Cc1ccc(C#N)cc1S(=O)(=O)NC1CCN2CCCC12. The summed E-state index contributed by atoms with van der Waals surface area (Å²) in [6, 6.07) is 7.10. The van der Waals surface area contributed by atoms with Crippen molar-refractivity contribution in [2.75, 3.05) is 13.1 Å². The van der Waals surface area contributed by atoms with E-state index in [0.717, 1.165) is 32.4 Å². The van der Waals surface area contributed by atoms with Crippen molar-refractivity contribution in [1.82, 2.24) is 9.62 Å². The van der Waals surface area contributed by atoms with Gasteiger partial charge >= 0.3 is 0 Å². The van der Waals surface area contributed by atoms with E-state index in [1.54, 1.807) is 19.1 Å². The molecule has 2 fully saturated rings. The van der Waals surface area contributed by atoms with Crippen LogP contribution in [0.15, 0.2) is 23.1 Å². The average Bonchev–Trinajstić information content (AvgIpc) is 3.04. The number of aryl methyl sites for hydroxylation is 1. The molecule has 1 aromatic rings. The number of rotatable bonds is 3. The minimum atomic E-state index is -3.57. The second kappa shape index (κ2) is 5.41. The van der Waals surface area contributed by atoms with Crippen LogP contribution in [-0.4, -0.2) is 38.5 Å². The summed E-state index contributed by atoms with van der Waals surface area (Å²) in [5, 5.41) is 8.95. The quantitative estimate of drug-likeness (QED) is 0.915. The first kappa shape index (κ1) is 14.5. The fraction of sp³-hybridized carbons (Fsp3) is 0.533. The van der Waals surface area contributed by atoms with E-state index < -0.39 is 10.0 Å². The fourth-order valence-corrected chi connectivity index (χ4v) is 5.02. The maximum Gasteiger partial charge on any atom is 0.241 e. The molecular weight excluding hydrogens is 286 g/mol. The molecule has 0 amide bonds. The molecule has 2 saturated heterocycles. The number of nitrogens with zero attached hydrogens (tertiary/aromatic N) is 2. The van der Waals surface area contributed by atoms with E-state index in [-0.39, 0.29) is 10.9 Å². The van der Waals surface area contributed by atoms with Crippen LogP contribution < -0.4 is 4.72 Å². The molecule has 1 aromatic carbocycles. The summed E-state index contributed by atoms with van der Waals surface area (Å²) >= 11 is 0. The Morgan fingerprint density at radius 1 is 1.33 bits per heavy atom. The van der Waals surface area contributed by atoms with Gasteiger partial charge in [-0.1, -0.05) is 6.07 Å². The molecule has 2 heterocycles. The standard InChI is InChI=1S/C15H19N3O2S/c1-11-4-5-12(10-16)9-15(11)21(19,20)17-13-6-8-18-7-2-3-14(13)18/h4-5,9,13-14,17H,2-3,6-8H2,1H3. The molecule has 0 aromatic heterocycles.